The molecule has 0 spiro atoms. The number of nitrogens with zero attached hydrogens (tertiary/aromatic N) is 7. The predicted octanol–water partition coefficient (Wildman–Crippen LogP) is 3.27. The number of halogens is 3. The first-order chi connectivity index (χ1) is 16.0. The fraction of sp³-hybridized carbons (Fsp3) is 0.455. The molecular formula is C22H23F3N8. The van der Waals surface area contributed by atoms with E-state index in [0.29, 0.717) is 36.8 Å². The lowest BCUT2D eigenvalue weighted by atomic mass is 9.92. The second kappa shape index (κ2) is 7.60. The Kier molecular flexibility index (Phi) is 4.66. The second-order valence-corrected chi connectivity index (χ2v) is 8.99. The van der Waals surface area contributed by atoms with Crippen LogP contribution in [0, 0.1) is 36.2 Å². The first kappa shape index (κ1) is 20.3. The Morgan fingerprint density at radius 2 is 1.79 bits per heavy atom. The van der Waals surface area contributed by atoms with Gasteiger partial charge in [-0.1, -0.05) is 0 Å². The zero-order chi connectivity index (χ0) is 22.7. The molecule has 11 heteroatoms. The van der Waals surface area contributed by atoms with Crippen molar-refractivity contribution in [1.82, 2.24) is 24.7 Å². The third-order valence-electron chi connectivity index (χ3n) is 6.98. The normalized spacial score (nSPS) is 23.8. The number of anilines is 4. The summed E-state index contributed by atoms with van der Waals surface area (Å²) in [5.74, 6) is -1.19. The van der Waals surface area contributed by atoms with Crippen LogP contribution in [0.15, 0.2) is 24.5 Å². The van der Waals surface area contributed by atoms with Gasteiger partial charge < -0.3 is 15.1 Å². The maximum Gasteiger partial charge on any atom is 0.244 e. The van der Waals surface area contributed by atoms with Crippen molar-refractivity contribution in [1.29, 1.82) is 0 Å². The molecule has 3 aromatic rings. The summed E-state index contributed by atoms with van der Waals surface area (Å²) in [7, 11) is 0. The molecule has 0 amide bonds. The van der Waals surface area contributed by atoms with Crippen LogP contribution in [-0.4, -0.2) is 50.4 Å². The van der Waals surface area contributed by atoms with Gasteiger partial charge in [-0.15, -0.1) is 5.10 Å². The highest BCUT2D eigenvalue weighted by atomic mass is 19.2. The van der Waals surface area contributed by atoms with Gasteiger partial charge in [-0.2, -0.15) is 4.98 Å². The number of nitrogens with one attached hydrogen (secondary N) is 1. The Hall–Kier alpha value is -3.37. The van der Waals surface area contributed by atoms with Crippen LogP contribution >= 0.6 is 0 Å². The molecule has 1 aromatic carbocycles. The van der Waals surface area contributed by atoms with Crippen molar-refractivity contribution >= 4 is 23.4 Å². The number of rotatable bonds is 4. The van der Waals surface area contributed by atoms with E-state index < -0.39 is 17.5 Å². The molecule has 2 aliphatic heterocycles. The van der Waals surface area contributed by atoms with Crippen LogP contribution < -0.4 is 15.1 Å². The van der Waals surface area contributed by atoms with Crippen LogP contribution in [0.2, 0.25) is 0 Å². The monoisotopic (exact) mass is 456 g/mol. The first-order valence-corrected chi connectivity index (χ1v) is 11.1. The van der Waals surface area contributed by atoms with E-state index in [1.165, 1.54) is 11.0 Å². The second-order valence-electron chi connectivity index (χ2n) is 8.99. The van der Waals surface area contributed by atoms with Crippen molar-refractivity contribution in [3.63, 3.8) is 0 Å². The third-order valence-corrected chi connectivity index (χ3v) is 6.98. The van der Waals surface area contributed by atoms with Crippen molar-refractivity contribution < 1.29 is 13.2 Å². The van der Waals surface area contributed by atoms with Gasteiger partial charge in [0.2, 0.25) is 11.9 Å². The molecule has 1 saturated carbocycles. The first-order valence-electron chi connectivity index (χ1n) is 11.1. The highest BCUT2D eigenvalue weighted by Crippen LogP contribution is 2.40. The number of aromatic nitrogens is 5. The molecule has 3 aliphatic rings. The van der Waals surface area contributed by atoms with Crippen LogP contribution in [0.5, 0.6) is 0 Å². The fourth-order valence-corrected chi connectivity index (χ4v) is 5.40. The summed E-state index contributed by atoms with van der Waals surface area (Å²) in [5, 5.41) is 8.05. The number of fused-ring (bicyclic) bond motifs is 3. The molecule has 172 valence electrons. The maximum atomic E-state index is 14.4. The van der Waals surface area contributed by atoms with Gasteiger partial charge >= 0.3 is 0 Å². The summed E-state index contributed by atoms with van der Waals surface area (Å²) < 4.78 is 43.1. The lowest BCUT2D eigenvalue weighted by Crippen LogP contribution is -2.48. The molecule has 8 nitrogen and oxygen atoms in total. The third kappa shape index (κ3) is 3.37. The minimum Gasteiger partial charge on any atom is -0.356 e. The van der Waals surface area contributed by atoms with Gasteiger partial charge in [0.1, 0.15) is 12.1 Å². The van der Waals surface area contributed by atoms with Crippen LogP contribution in [0.1, 0.15) is 18.5 Å². The van der Waals surface area contributed by atoms with Crippen LogP contribution in [0.25, 0.3) is 0 Å². The molecule has 0 radical (unpaired) electrons. The fourth-order valence-electron chi connectivity index (χ4n) is 5.40. The summed E-state index contributed by atoms with van der Waals surface area (Å²) in [4.78, 5) is 17.1. The largest absolute Gasteiger partial charge is 0.356 e. The molecule has 0 unspecified atom stereocenters. The molecule has 2 bridgehead atoms. The molecule has 1 saturated heterocycles. The zero-order valence-corrected chi connectivity index (χ0v) is 18.0. The Morgan fingerprint density at radius 1 is 1.00 bits per heavy atom. The average Bonchev–Trinajstić information content (AvgIpc) is 3.43. The van der Waals surface area contributed by atoms with Gasteiger partial charge in [-0.3, -0.25) is 0 Å². The summed E-state index contributed by atoms with van der Waals surface area (Å²) in [6.07, 6.45) is 3.83. The Morgan fingerprint density at radius 3 is 2.55 bits per heavy atom. The Balaban J connectivity index is 1.20. The molecule has 2 fully saturated rings. The van der Waals surface area contributed by atoms with E-state index in [9.17, 15) is 13.2 Å². The Bertz CT molecular complexity index is 1200. The van der Waals surface area contributed by atoms with Gasteiger partial charge in [0.25, 0.3) is 0 Å². The van der Waals surface area contributed by atoms with Crippen molar-refractivity contribution in [3.8, 4) is 0 Å². The number of aryl methyl sites for hydroxylation is 1. The van der Waals surface area contributed by atoms with Crippen LogP contribution in [0.3, 0.4) is 0 Å². The molecular weight excluding hydrogens is 433 g/mol. The van der Waals surface area contributed by atoms with Crippen molar-refractivity contribution in [2.75, 3.05) is 34.8 Å². The topological polar surface area (TPSA) is 75.0 Å². The number of hydrogen-bond acceptors (Lipinski definition) is 7. The maximum absolute atomic E-state index is 14.4. The lowest BCUT2D eigenvalue weighted by molar-refractivity contribution is 0.374. The van der Waals surface area contributed by atoms with Gasteiger partial charge in [-0.05, 0) is 43.7 Å². The molecule has 4 heterocycles. The lowest BCUT2D eigenvalue weighted by Gasteiger charge is -2.38. The van der Waals surface area contributed by atoms with E-state index in [0.717, 1.165) is 43.5 Å². The highest BCUT2D eigenvalue weighted by molar-refractivity contribution is 5.61. The SMILES string of the molecule is Cc1cc(N2C[C@H]3CC[C@@H](C2)[C@@H]3Nc2nc3n(n2)CCN3c2ccc(F)c(F)c2F)ncn1. The van der Waals surface area contributed by atoms with Gasteiger partial charge in [0.05, 0.1) is 12.2 Å². The molecule has 1 N–H and O–H groups in total. The summed E-state index contributed by atoms with van der Waals surface area (Å²) >= 11 is 0. The van der Waals surface area contributed by atoms with E-state index >= 15 is 0 Å². The summed E-state index contributed by atoms with van der Waals surface area (Å²) in [5.41, 5.74) is 0.909. The predicted molar refractivity (Wildman–Crippen MR) is 116 cm³/mol. The minimum atomic E-state index is -1.48. The molecule has 3 atom stereocenters. The summed E-state index contributed by atoms with van der Waals surface area (Å²) in [6.45, 7) is 4.63. The average molecular weight is 456 g/mol. The quantitative estimate of drug-likeness (QED) is 0.604. The molecule has 6 rings (SSSR count). The van der Waals surface area contributed by atoms with Crippen molar-refractivity contribution in [2.45, 2.75) is 32.4 Å². The van der Waals surface area contributed by atoms with Gasteiger partial charge in [0.15, 0.2) is 17.5 Å². The smallest absolute Gasteiger partial charge is 0.244 e. The highest BCUT2D eigenvalue weighted by Gasteiger charge is 2.43. The number of hydrogen-bond donors (Lipinski definition) is 1. The van der Waals surface area contributed by atoms with E-state index in [4.69, 9.17) is 0 Å². The molecule has 1 aliphatic carbocycles. The summed E-state index contributed by atoms with van der Waals surface area (Å²) in [6, 6.07) is 4.41. The Labute approximate surface area is 188 Å². The number of piperidine rings is 1. The minimum absolute atomic E-state index is 0.0416. The van der Waals surface area contributed by atoms with Gasteiger partial charge in [-0.25, -0.2) is 27.8 Å². The van der Waals surface area contributed by atoms with E-state index in [1.54, 1.807) is 11.0 Å². The molecule has 33 heavy (non-hydrogen) atoms. The number of benzene rings is 1. The van der Waals surface area contributed by atoms with Gasteiger partial charge in [0, 0.05) is 37.4 Å². The van der Waals surface area contributed by atoms with Crippen molar-refractivity contribution in [2.24, 2.45) is 11.8 Å². The van der Waals surface area contributed by atoms with E-state index in [1.807, 2.05) is 13.0 Å². The van der Waals surface area contributed by atoms with Crippen LogP contribution in [-0.2, 0) is 6.54 Å². The van der Waals surface area contributed by atoms with E-state index in [2.05, 4.69) is 30.3 Å². The van der Waals surface area contributed by atoms with Crippen molar-refractivity contribution in [3.05, 3.63) is 47.7 Å². The van der Waals surface area contributed by atoms with Crippen LogP contribution in [0.4, 0.5) is 36.6 Å². The van der Waals surface area contributed by atoms with E-state index in [-0.39, 0.29) is 11.7 Å². The standard InChI is InChI=1S/C22H23F3N8/c1-12-8-17(27-11-26-12)31-9-13-2-3-14(10-31)20(13)28-21-29-22-32(6-7-33(22)30-21)16-5-4-15(23)18(24)19(16)25/h4-5,8,11,13-14,20H,2-3,6-7,9-10H2,1H3,(H,28,30)/t13-,14+,20-. The molecule has 2 aromatic heterocycles. The zero-order valence-electron chi connectivity index (χ0n) is 18.0.